The van der Waals surface area contributed by atoms with Gasteiger partial charge in [-0.2, -0.15) is 0 Å². The van der Waals surface area contributed by atoms with Crippen LogP contribution in [0.5, 0.6) is 0 Å². The van der Waals surface area contributed by atoms with E-state index in [9.17, 15) is 4.79 Å². The Morgan fingerprint density at radius 3 is 2.10 bits per heavy atom. The Morgan fingerprint density at radius 1 is 1.60 bits per heavy atom. The number of aliphatic hydroxyl groups excluding tert-OH is 1. The van der Waals surface area contributed by atoms with Gasteiger partial charge >= 0.3 is 0 Å². The molecule has 0 aliphatic heterocycles. The van der Waals surface area contributed by atoms with Crippen molar-refractivity contribution in [3.05, 3.63) is 13.0 Å². The first-order valence-corrected chi connectivity index (χ1v) is 2.50. The summed E-state index contributed by atoms with van der Waals surface area (Å²) in [6.07, 6.45) is 1.44. The Hall–Kier alpha value is 1.29. The maximum atomic E-state index is 10.2. The number of hydrogen-bond donors (Lipinski definition) is 1. The van der Waals surface area contributed by atoms with Crippen molar-refractivity contribution in [2.45, 2.75) is 13.8 Å². The van der Waals surface area contributed by atoms with E-state index in [0.717, 1.165) is 6.61 Å². The normalized spacial score (nSPS) is 10.3. The molecular formula is C6H10O2WY-2. The van der Waals surface area contributed by atoms with Crippen molar-refractivity contribution in [1.82, 2.24) is 0 Å². The summed E-state index contributed by atoms with van der Waals surface area (Å²) in [7, 11) is 0. The molecule has 0 bridgehead atoms. The molecule has 0 saturated heterocycles. The molecule has 1 atom stereocenters. The molecule has 57 valence electrons. The van der Waals surface area contributed by atoms with Crippen LogP contribution in [-0.2, 0) is 58.6 Å². The molecule has 0 rings (SSSR count). The third-order valence-corrected chi connectivity index (χ3v) is 0.733. The maximum absolute atomic E-state index is 10.2. The molecule has 0 heterocycles. The van der Waals surface area contributed by atoms with Gasteiger partial charge in [0.25, 0.3) is 0 Å². The fourth-order valence-electron chi connectivity index (χ4n) is 0.413. The van der Waals surface area contributed by atoms with E-state index in [4.69, 9.17) is 5.11 Å². The zero-order valence-electron chi connectivity index (χ0n) is 6.07. The summed E-state index contributed by atoms with van der Waals surface area (Å²) in [6.45, 7) is 4.18. The van der Waals surface area contributed by atoms with E-state index in [0.29, 0.717) is 0 Å². The van der Waals surface area contributed by atoms with Gasteiger partial charge < -0.3 is 16.3 Å². The minimum absolute atomic E-state index is 0. The average Bonchev–Trinajstić information content (AvgIpc) is 1.65. The number of aliphatic hydroxyl groups is 1. The molecule has 0 aromatic heterocycles. The van der Waals surface area contributed by atoms with Gasteiger partial charge in [0.15, 0.2) is 0 Å². The first-order chi connectivity index (χ1) is 3.66. The number of Topliss-reactive ketones (excluding diaryl/α,β-unsaturated/α-hetero) is 1. The smallest absolute Gasteiger partial charge is 0 e. The van der Waals surface area contributed by atoms with Crippen LogP contribution in [0.2, 0.25) is 0 Å². The molecule has 0 fully saturated rings. The first-order valence-electron chi connectivity index (χ1n) is 2.50. The molecule has 4 heteroatoms. The molecule has 0 aromatic rings. The molecule has 1 N–H and O–H groups in total. The maximum Gasteiger partial charge on any atom is 0 e. The molecule has 0 spiro atoms. The molecule has 1 radical (unpaired) electrons. The Kier molecular flexibility index (Phi) is 17.9. The molecule has 0 amide bonds. The van der Waals surface area contributed by atoms with Crippen LogP contribution in [0.3, 0.4) is 0 Å². The number of ketones is 1. The number of rotatable bonds is 3. The first kappa shape index (κ1) is 17.4. The SMILES string of the molecule is CC(=O)[CH-]C(C)[CH-]O.[W].[Y]. The predicted octanol–water partition coefficient (Wildman–Crippen LogP) is 0.945. The van der Waals surface area contributed by atoms with Crippen molar-refractivity contribution in [3.63, 3.8) is 0 Å². The summed E-state index contributed by atoms with van der Waals surface area (Å²) in [6, 6.07) is 0. The molecule has 1 unspecified atom stereocenters. The van der Waals surface area contributed by atoms with Gasteiger partial charge in [-0.05, 0) is 12.7 Å². The van der Waals surface area contributed by atoms with Gasteiger partial charge in [-0.1, -0.05) is 0 Å². The summed E-state index contributed by atoms with van der Waals surface area (Å²) < 4.78 is 0. The van der Waals surface area contributed by atoms with Gasteiger partial charge in [-0.15, -0.1) is 6.92 Å². The molecule has 10 heavy (non-hydrogen) atoms. The Labute approximate surface area is 101 Å². The largest absolute Gasteiger partial charge is 0.568 e. The van der Waals surface area contributed by atoms with Gasteiger partial charge in [0, 0.05) is 53.8 Å². The minimum Gasteiger partial charge on any atom is -0.568 e. The fourth-order valence-corrected chi connectivity index (χ4v) is 0.413. The van der Waals surface area contributed by atoms with Crippen LogP contribution in [-0.4, -0.2) is 10.9 Å². The van der Waals surface area contributed by atoms with Gasteiger partial charge in [0.2, 0.25) is 0 Å². The van der Waals surface area contributed by atoms with Gasteiger partial charge in [-0.3, -0.25) is 5.92 Å². The Bertz CT molecular complexity index is 87.8. The zero-order valence-corrected chi connectivity index (χ0v) is 11.8. The van der Waals surface area contributed by atoms with Crippen LogP contribution in [0.25, 0.3) is 0 Å². The van der Waals surface area contributed by atoms with Crippen LogP contribution < -0.4 is 0 Å². The van der Waals surface area contributed by atoms with E-state index in [2.05, 4.69) is 0 Å². The van der Waals surface area contributed by atoms with E-state index in [-0.39, 0.29) is 65.5 Å². The standard InChI is InChI=1S/C6H10O2.W.Y/c1-5(4-7)3-6(2)8;;/h3-5,7H,1-2H3;;/q-2;;. The van der Waals surface area contributed by atoms with E-state index < -0.39 is 0 Å². The second-order valence-electron chi connectivity index (χ2n) is 1.79. The third-order valence-electron chi connectivity index (χ3n) is 0.733. The number of carbonyl (C=O) groups excluding carboxylic acids is 1. The zero-order chi connectivity index (χ0) is 6.57. The molecule has 0 aliphatic rings. The number of carbonyl (C=O) groups is 1. The fraction of sp³-hybridized carbons (Fsp3) is 0.500. The van der Waals surface area contributed by atoms with E-state index in [1.54, 1.807) is 6.92 Å². The second-order valence-corrected chi connectivity index (χ2v) is 1.79. The van der Waals surface area contributed by atoms with Crippen LogP contribution in [0.4, 0.5) is 0 Å². The van der Waals surface area contributed by atoms with Crippen LogP contribution in [0.1, 0.15) is 13.8 Å². The van der Waals surface area contributed by atoms with E-state index >= 15 is 0 Å². The topological polar surface area (TPSA) is 37.3 Å². The second kappa shape index (κ2) is 10.3. The summed E-state index contributed by atoms with van der Waals surface area (Å²) in [5.74, 6) is -0.129. The van der Waals surface area contributed by atoms with Crippen LogP contribution in [0, 0.1) is 18.9 Å². The Morgan fingerprint density at radius 2 is 2.00 bits per heavy atom. The summed E-state index contributed by atoms with van der Waals surface area (Å²) in [5.41, 5.74) is 0. The van der Waals surface area contributed by atoms with Crippen molar-refractivity contribution in [1.29, 1.82) is 0 Å². The van der Waals surface area contributed by atoms with E-state index in [1.807, 2.05) is 0 Å². The Balaban J connectivity index is -0.000000245. The van der Waals surface area contributed by atoms with Gasteiger partial charge in [0.05, 0.1) is 0 Å². The van der Waals surface area contributed by atoms with Crippen LogP contribution >= 0.6 is 0 Å². The third kappa shape index (κ3) is 12.0. The van der Waals surface area contributed by atoms with E-state index in [1.165, 1.54) is 13.3 Å². The number of hydrogen-bond acceptors (Lipinski definition) is 2. The predicted molar refractivity (Wildman–Crippen MR) is 30.4 cm³/mol. The molecular weight excluding hydrogens is 377 g/mol. The monoisotopic (exact) mass is 387 g/mol. The van der Waals surface area contributed by atoms with Crippen molar-refractivity contribution >= 4 is 5.78 Å². The minimum atomic E-state index is -0.118. The van der Waals surface area contributed by atoms with Crippen LogP contribution in [0.15, 0.2) is 0 Å². The summed E-state index contributed by atoms with van der Waals surface area (Å²) in [4.78, 5) is 10.2. The molecule has 0 aromatic carbocycles. The van der Waals surface area contributed by atoms with Gasteiger partial charge in [-0.25, -0.2) is 6.61 Å². The molecule has 0 saturated carbocycles. The molecule has 2 nitrogen and oxygen atoms in total. The molecule has 0 aliphatic carbocycles. The van der Waals surface area contributed by atoms with Crippen molar-refractivity contribution < 1.29 is 63.7 Å². The van der Waals surface area contributed by atoms with Gasteiger partial charge in [0.1, 0.15) is 0 Å². The van der Waals surface area contributed by atoms with Crippen molar-refractivity contribution in [2.75, 3.05) is 0 Å². The van der Waals surface area contributed by atoms with Crippen molar-refractivity contribution in [2.24, 2.45) is 5.92 Å². The average molecular weight is 387 g/mol. The summed E-state index contributed by atoms with van der Waals surface area (Å²) in [5, 5.41) is 8.28. The quantitative estimate of drug-likeness (QED) is 0.733. The van der Waals surface area contributed by atoms with Crippen molar-refractivity contribution in [3.8, 4) is 0 Å². The summed E-state index contributed by atoms with van der Waals surface area (Å²) >= 11 is 0.